The summed E-state index contributed by atoms with van der Waals surface area (Å²) < 4.78 is 5.30. The second-order valence-corrected chi connectivity index (χ2v) is 3.77. The molecule has 2 nitrogen and oxygen atoms in total. The molecule has 0 radical (unpaired) electrons. The van der Waals surface area contributed by atoms with E-state index in [9.17, 15) is 0 Å². The second kappa shape index (κ2) is 3.55. The maximum Gasteiger partial charge on any atom is 0.0990 e. The molecule has 0 amide bonds. The molecule has 0 aliphatic carbocycles. The van der Waals surface area contributed by atoms with E-state index in [0.29, 0.717) is 5.41 Å². The molecule has 1 rings (SSSR count). The molecule has 66 valence electrons. The highest BCUT2D eigenvalue weighted by molar-refractivity contribution is 4.88. The minimum Gasteiger partial charge on any atom is -0.366 e. The highest BCUT2D eigenvalue weighted by atomic mass is 16.5. The first-order valence-electron chi connectivity index (χ1n) is 4.50. The molecule has 1 saturated heterocycles. The molecule has 0 saturated carbocycles. The Balaban J connectivity index is 2.08. The normalized spacial score (nSPS) is 23.2. The Morgan fingerprint density at radius 2 is 2.00 bits per heavy atom. The van der Waals surface area contributed by atoms with Crippen LogP contribution in [0.25, 0.3) is 0 Å². The molecule has 0 aromatic carbocycles. The van der Waals surface area contributed by atoms with Gasteiger partial charge in [0.2, 0.25) is 0 Å². The zero-order valence-corrected chi connectivity index (χ0v) is 7.89. The van der Waals surface area contributed by atoms with Crippen molar-refractivity contribution in [3.05, 3.63) is 0 Å². The fraction of sp³-hybridized carbons (Fsp3) is 1.00. The van der Waals surface area contributed by atoms with E-state index in [2.05, 4.69) is 18.7 Å². The van der Waals surface area contributed by atoms with Gasteiger partial charge in [-0.1, -0.05) is 13.8 Å². The molecule has 11 heavy (non-hydrogen) atoms. The molecule has 1 aliphatic rings. The van der Waals surface area contributed by atoms with Gasteiger partial charge < -0.3 is 4.74 Å². The molecule has 0 N–H and O–H groups in total. The van der Waals surface area contributed by atoms with Gasteiger partial charge in [-0.05, 0) is 18.8 Å². The van der Waals surface area contributed by atoms with Gasteiger partial charge in [0.05, 0.1) is 6.73 Å². The van der Waals surface area contributed by atoms with E-state index < -0.39 is 0 Å². The molecular formula is C9H19NO. The fourth-order valence-electron chi connectivity index (χ4n) is 1.57. The molecule has 0 aromatic heterocycles. The topological polar surface area (TPSA) is 12.5 Å². The molecule has 0 spiro atoms. The number of likely N-dealkylation sites (tertiary alicyclic amines) is 1. The van der Waals surface area contributed by atoms with Gasteiger partial charge in [-0.3, -0.25) is 4.90 Å². The van der Waals surface area contributed by atoms with Crippen molar-refractivity contribution in [1.29, 1.82) is 0 Å². The number of ether oxygens (including phenoxy) is 1. The van der Waals surface area contributed by atoms with Crippen molar-refractivity contribution in [1.82, 2.24) is 4.90 Å². The van der Waals surface area contributed by atoms with E-state index in [0.717, 1.165) is 13.3 Å². The summed E-state index contributed by atoms with van der Waals surface area (Å²) >= 11 is 0. The quantitative estimate of drug-likeness (QED) is 0.616. The Bertz CT molecular complexity index is 119. The average molecular weight is 157 g/mol. The van der Waals surface area contributed by atoms with Gasteiger partial charge in [0, 0.05) is 19.7 Å². The summed E-state index contributed by atoms with van der Waals surface area (Å²) in [4.78, 5) is 2.35. The van der Waals surface area contributed by atoms with Gasteiger partial charge in [-0.15, -0.1) is 0 Å². The molecule has 1 fully saturated rings. The summed E-state index contributed by atoms with van der Waals surface area (Å²) in [6.45, 7) is 10.7. The summed E-state index contributed by atoms with van der Waals surface area (Å²) in [5.41, 5.74) is 0.580. The fourth-order valence-corrected chi connectivity index (χ4v) is 1.57. The van der Waals surface area contributed by atoms with Crippen LogP contribution in [0.3, 0.4) is 0 Å². The van der Waals surface area contributed by atoms with Crippen LogP contribution in [-0.2, 0) is 4.74 Å². The maximum atomic E-state index is 5.30. The van der Waals surface area contributed by atoms with E-state index in [4.69, 9.17) is 4.74 Å². The minimum atomic E-state index is 0.580. The predicted molar refractivity (Wildman–Crippen MR) is 46.5 cm³/mol. The summed E-state index contributed by atoms with van der Waals surface area (Å²) in [5, 5.41) is 0. The van der Waals surface area contributed by atoms with E-state index in [1.165, 1.54) is 19.5 Å². The Morgan fingerprint density at radius 3 is 2.45 bits per heavy atom. The zero-order chi connectivity index (χ0) is 8.32. The summed E-state index contributed by atoms with van der Waals surface area (Å²) in [6.07, 6.45) is 1.29. The highest BCUT2D eigenvalue weighted by Crippen LogP contribution is 2.32. The van der Waals surface area contributed by atoms with E-state index >= 15 is 0 Å². The molecular weight excluding hydrogens is 138 g/mol. The lowest BCUT2D eigenvalue weighted by molar-refractivity contribution is -0.0700. The number of nitrogens with zero attached hydrogens (tertiary/aromatic N) is 1. The van der Waals surface area contributed by atoms with E-state index in [1.54, 1.807) is 0 Å². The second-order valence-electron chi connectivity index (χ2n) is 3.77. The molecule has 1 aliphatic heterocycles. The maximum absolute atomic E-state index is 5.30. The number of hydrogen-bond acceptors (Lipinski definition) is 2. The van der Waals surface area contributed by atoms with Crippen LogP contribution in [0, 0.1) is 5.41 Å². The lowest BCUT2D eigenvalue weighted by Crippen LogP contribution is -2.54. The first-order valence-corrected chi connectivity index (χ1v) is 4.50. The lowest BCUT2D eigenvalue weighted by Gasteiger charge is -2.47. The van der Waals surface area contributed by atoms with Crippen LogP contribution in [0.2, 0.25) is 0 Å². The molecule has 1 heterocycles. The van der Waals surface area contributed by atoms with Crippen molar-refractivity contribution in [2.45, 2.75) is 27.2 Å². The Hall–Kier alpha value is -0.0800. The summed E-state index contributed by atoms with van der Waals surface area (Å²) in [7, 11) is 0. The van der Waals surface area contributed by atoms with Gasteiger partial charge in [-0.2, -0.15) is 0 Å². The first-order chi connectivity index (χ1) is 5.20. The van der Waals surface area contributed by atoms with Crippen molar-refractivity contribution in [2.75, 3.05) is 26.4 Å². The molecule has 0 aromatic rings. The third-order valence-electron chi connectivity index (χ3n) is 2.54. The van der Waals surface area contributed by atoms with Crippen molar-refractivity contribution in [2.24, 2.45) is 5.41 Å². The van der Waals surface area contributed by atoms with Crippen LogP contribution >= 0.6 is 0 Å². The Labute approximate surface area is 69.5 Å². The van der Waals surface area contributed by atoms with Crippen molar-refractivity contribution >= 4 is 0 Å². The monoisotopic (exact) mass is 157 g/mol. The third-order valence-corrected chi connectivity index (χ3v) is 2.54. The van der Waals surface area contributed by atoms with Crippen LogP contribution in [0.15, 0.2) is 0 Å². The van der Waals surface area contributed by atoms with Crippen LogP contribution in [0.4, 0.5) is 0 Å². The molecule has 0 bridgehead atoms. The molecule has 0 atom stereocenters. The first kappa shape index (κ1) is 9.01. The number of hydrogen-bond donors (Lipinski definition) is 0. The Morgan fingerprint density at radius 1 is 1.36 bits per heavy atom. The van der Waals surface area contributed by atoms with Gasteiger partial charge in [0.15, 0.2) is 0 Å². The zero-order valence-electron chi connectivity index (χ0n) is 7.89. The van der Waals surface area contributed by atoms with Crippen LogP contribution < -0.4 is 0 Å². The smallest absolute Gasteiger partial charge is 0.0990 e. The largest absolute Gasteiger partial charge is 0.366 e. The molecule has 0 unspecified atom stereocenters. The van der Waals surface area contributed by atoms with Crippen LogP contribution in [-0.4, -0.2) is 31.3 Å². The molecule has 2 heteroatoms. The predicted octanol–water partition coefficient (Wildman–Crippen LogP) is 1.71. The van der Waals surface area contributed by atoms with Crippen LogP contribution in [0.1, 0.15) is 27.2 Å². The standard InChI is InChI=1S/C9H19NO/c1-4-9(3)6-10(7-9)8-11-5-2/h4-8H2,1-3H3. The van der Waals surface area contributed by atoms with Crippen LogP contribution in [0.5, 0.6) is 0 Å². The highest BCUT2D eigenvalue weighted by Gasteiger charge is 2.36. The third kappa shape index (κ3) is 2.17. The van der Waals surface area contributed by atoms with Crippen molar-refractivity contribution in [3.8, 4) is 0 Å². The minimum absolute atomic E-state index is 0.580. The average Bonchev–Trinajstić information content (AvgIpc) is 1.96. The SMILES string of the molecule is CCOCN1CC(C)(CC)C1. The van der Waals surface area contributed by atoms with Crippen molar-refractivity contribution in [3.63, 3.8) is 0 Å². The van der Waals surface area contributed by atoms with Gasteiger partial charge in [0.1, 0.15) is 0 Å². The summed E-state index contributed by atoms with van der Waals surface area (Å²) in [5.74, 6) is 0. The van der Waals surface area contributed by atoms with E-state index in [1.807, 2.05) is 6.92 Å². The lowest BCUT2D eigenvalue weighted by atomic mass is 9.80. The number of rotatable bonds is 4. The van der Waals surface area contributed by atoms with Gasteiger partial charge in [-0.25, -0.2) is 0 Å². The van der Waals surface area contributed by atoms with E-state index in [-0.39, 0.29) is 0 Å². The Kier molecular flexibility index (Phi) is 2.90. The van der Waals surface area contributed by atoms with Gasteiger partial charge in [0.25, 0.3) is 0 Å². The summed E-state index contributed by atoms with van der Waals surface area (Å²) in [6, 6.07) is 0. The van der Waals surface area contributed by atoms with Crippen molar-refractivity contribution < 1.29 is 4.74 Å². The van der Waals surface area contributed by atoms with Gasteiger partial charge >= 0.3 is 0 Å².